The number of pyridine rings is 1. The Balaban J connectivity index is 1.57. The zero-order valence-corrected chi connectivity index (χ0v) is 15.8. The summed E-state index contributed by atoms with van der Waals surface area (Å²) in [5.41, 5.74) is 1.10. The van der Waals surface area contributed by atoms with E-state index in [1.807, 2.05) is 12.3 Å². The summed E-state index contributed by atoms with van der Waals surface area (Å²) in [6.07, 6.45) is 8.20. The number of ether oxygens (including phenoxy) is 2. The van der Waals surface area contributed by atoms with E-state index in [-0.39, 0.29) is 17.4 Å². The molecule has 2 fully saturated rings. The molecule has 2 saturated heterocycles. The normalized spacial score (nSPS) is 21.4. The fraction of sp³-hybridized carbons (Fsp3) is 0.700. The lowest BCUT2D eigenvalue weighted by Gasteiger charge is -2.43. The monoisotopic (exact) mass is 361 g/mol. The molecule has 1 aromatic heterocycles. The van der Waals surface area contributed by atoms with E-state index in [1.165, 1.54) is 5.56 Å². The summed E-state index contributed by atoms with van der Waals surface area (Å²) in [7, 11) is 1.73. The van der Waals surface area contributed by atoms with Gasteiger partial charge in [-0.15, -0.1) is 0 Å². The number of piperidine rings is 1. The highest BCUT2D eigenvalue weighted by Crippen LogP contribution is 2.28. The Morgan fingerprint density at radius 3 is 2.81 bits per heavy atom. The number of likely N-dealkylation sites (tertiary alicyclic amines) is 1. The Hall–Kier alpha value is -1.50. The van der Waals surface area contributed by atoms with Gasteiger partial charge < -0.3 is 14.8 Å². The summed E-state index contributed by atoms with van der Waals surface area (Å²) >= 11 is 0. The number of aromatic nitrogens is 1. The van der Waals surface area contributed by atoms with Crippen LogP contribution < -0.4 is 5.32 Å². The SMILES string of the molecule is COCCC1(NC(=O)C2CCOCC2)CCN(Cc2cccnc2)CC1. The van der Waals surface area contributed by atoms with Crippen LogP contribution in [0, 0.1) is 5.92 Å². The quantitative estimate of drug-likeness (QED) is 0.805. The van der Waals surface area contributed by atoms with Gasteiger partial charge in [-0.2, -0.15) is 0 Å². The second-order valence-corrected chi connectivity index (χ2v) is 7.54. The number of hydrogen-bond donors (Lipinski definition) is 1. The maximum Gasteiger partial charge on any atom is 0.223 e. The number of carbonyl (C=O) groups excluding carboxylic acids is 1. The second kappa shape index (κ2) is 9.44. The molecule has 26 heavy (non-hydrogen) atoms. The largest absolute Gasteiger partial charge is 0.385 e. The third-order valence-corrected chi connectivity index (χ3v) is 5.71. The number of amides is 1. The van der Waals surface area contributed by atoms with Gasteiger partial charge in [0.1, 0.15) is 0 Å². The van der Waals surface area contributed by atoms with Crippen molar-refractivity contribution in [2.45, 2.75) is 44.2 Å². The molecule has 0 unspecified atom stereocenters. The van der Waals surface area contributed by atoms with Crippen molar-refractivity contribution in [3.8, 4) is 0 Å². The van der Waals surface area contributed by atoms with Crippen molar-refractivity contribution in [3.63, 3.8) is 0 Å². The number of nitrogens with zero attached hydrogens (tertiary/aromatic N) is 2. The van der Waals surface area contributed by atoms with Crippen LogP contribution in [0.3, 0.4) is 0 Å². The lowest BCUT2D eigenvalue weighted by molar-refractivity contribution is -0.130. The molecular weight excluding hydrogens is 330 g/mol. The summed E-state index contributed by atoms with van der Waals surface area (Å²) in [5.74, 6) is 0.293. The molecule has 3 rings (SSSR count). The molecule has 0 bridgehead atoms. The number of methoxy groups -OCH3 is 1. The molecule has 2 aliphatic rings. The third kappa shape index (κ3) is 5.25. The number of nitrogens with one attached hydrogen (secondary N) is 1. The lowest BCUT2D eigenvalue weighted by atomic mass is 9.83. The van der Waals surface area contributed by atoms with Gasteiger partial charge in [0.25, 0.3) is 0 Å². The molecule has 1 amide bonds. The predicted molar refractivity (Wildman–Crippen MR) is 99.7 cm³/mol. The Bertz CT molecular complexity index is 553. The van der Waals surface area contributed by atoms with Gasteiger partial charge in [-0.05, 0) is 43.7 Å². The van der Waals surface area contributed by atoms with Crippen LogP contribution in [0.15, 0.2) is 24.5 Å². The first-order chi connectivity index (χ1) is 12.7. The Morgan fingerprint density at radius 2 is 2.15 bits per heavy atom. The molecule has 2 aliphatic heterocycles. The fourth-order valence-electron chi connectivity index (χ4n) is 3.95. The molecule has 6 heteroatoms. The Labute approximate surface area is 156 Å². The van der Waals surface area contributed by atoms with Crippen LogP contribution in [0.2, 0.25) is 0 Å². The third-order valence-electron chi connectivity index (χ3n) is 5.71. The highest BCUT2D eigenvalue weighted by Gasteiger charge is 2.37. The van der Waals surface area contributed by atoms with E-state index in [9.17, 15) is 4.79 Å². The van der Waals surface area contributed by atoms with Crippen molar-refractivity contribution in [3.05, 3.63) is 30.1 Å². The van der Waals surface area contributed by atoms with Crippen LogP contribution >= 0.6 is 0 Å². The van der Waals surface area contributed by atoms with Crippen molar-refractivity contribution in [1.29, 1.82) is 0 Å². The van der Waals surface area contributed by atoms with Crippen LogP contribution in [0.25, 0.3) is 0 Å². The van der Waals surface area contributed by atoms with E-state index >= 15 is 0 Å². The van der Waals surface area contributed by atoms with E-state index < -0.39 is 0 Å². The Kier molecular flexibility index (Phi) is 7.00. The fourth-order valence-corrected chi connectivity index (χ4v) is 3.95. The topological polar surface area (TPSA) is 63.7 Å². The highest BCUT2D eigenvalue weighted by molar-refractivity contribution is 5.79. The number of rotatable bonds is 7. The molecular formula is C20H31N3O3. The molecule has 1 N–H and O–H groups in total. The molecule has 0 radical (unpaired) electrons. The standard InChI is InChI=1S/C20H31N3O3/c1-25-14-8-20(22-19(24)18-4-12-26-13-5-18)6-10-23(11-7-20)16-17-3-2-9-21-15-17/h2-3,9,15,18H,4-8,10-14,16H2,1H3,(H,22,24). The van der Waals surface area contributed by atoms with Gasteiger partial charge in [-0.25, -0.2) is 0 Å². The predicted octanol–water partition coefficient (Wildman–Crippen LogP) is 2.00. The molecule has 0 saturated carbocycles. The van der Waals surface area contributed by atoms with Gasteiger partial charge in [0.15, 0.2) is 0 Å². The average molecular weight is 361 g/mol. The summed E-state index contributed by atoms with van der Waals surface area (Å²) in [4.78, 5) is 19.4. The molecule has 6 nitrogen and oxygen atoms in total. The van der Waals surface area contributed by atoms with E-state index in [1.54, 1.807) is 13.3 Å². The maximum atomic E-state index is 12.8. The maximum absolute atomic E-state index is 12.8. The van der Waals surface area contributed by atoms with Gasteiger partial charge in [0, 0.05) is 70.4 Å². The van der Waals surface area contributed by atoms with E-state index in [2.05, 4.69) is 21.3 Å². The van der Waals surface area contributed by atoms with Crippen molar-refractivity contribution >= 4 is 5.91 Å². The van der Waals surface area contributed by atoms with E-state index in [4.69, 9.17) is 9.47 Å². The molecule has 144 valence electrons. The first-order valence-corrected chi connectivity index (χ1v) is 9.71. The lowest BCUT2D eigenvalue weighted by Crippen LogP contribution is -2.57. The van der Waals surface area contributed by atoms with Gasteiger partial charge in [-0.1, -0.05) is 6.07 Å². The van der Waals surface area contributed by atoms with Crippen LogP contribution in [-0.4, -0.2) is 61.3 Å². The van der Waals surface area contributed by atoms with Crippen molar-refractivity contribution in [2.75, 3.05) is 40.0 Å². The van der Waals surface area contributed by atoms with Gasteiger partial charge in [0.2, 0.25) is 5.91 Å². The zero-order valence-electron chi connectivity index (χ0n) is 15.8. The van der Waals surface area contributed by atoms with Crippen LogP contribution in [0.5, 0.6) is 0 Å². The van der Waals surface area contributed by atoms with Crippen molar-refractivity contribution in [2.24, 2.45) is 5.92 Å². The molecule has 0 spiro atoms. The molecule has 0 aliphatic carbocycles. The van der Waals surface area contributed by atoms with E-state index in [0.717, 1.165) is 51.7 Å². The first kappa shape index (κ1) is 19.3. The molecule has 0 atom stereocenters. The van der Waals surface area contributed by atoms with Crippen molar-refractivity contribution in [1.82, 2.24) is 15.2 Å². The second-order valence-electron chi connectivity index (χ2n) is 7.54. The van der Waals surface area contributed by atoms with Crippen molar-refractivity contribution < 1.29 is 14.3 Å². The van der Waals surface area contributed by atoms with E-state index in [0.29, 0.717) is 19.8 Å². The smallest absolute Gasteiger partial charge is 0.223 e. The molecule has 3 heterocycles. The number of hydrogen-bond acceptors (Lipinski definition) is 5. The van der Waals surface area contributed by atoms with Gasteiger partial charge in [-0.3, -0.25) is 14.7 Å². The minimum Gasteiger partial charge on any atom is -0.385 e. The zero-order chi connectivity index (χ0) is 18.2. The summed E-state index contributed by atoms with van der Waals surface area (Å²) < 4.78 is 10.7. The minimum absolute atomic E-state index is 0.0941. The number of carbonyl (C=O) groups is 1. The minimum atomic E-state index is -0.142. The van der Waals surface area contributed by atoms with Crippen LogP contribution in [0.4, 0.5) is 0 Å². The summed E-state index contributed by atoms with van der Waals surface area (Å²) in [6, 6.07) is 4.10. The Morgan fingerprint density at radius 1 is 1.38 bits per heavy atom. The first-order valence-electron chi connectivity index (χ1n) is 9.71. The average Bonchev–Trinajstić information content (AvgIpc) is 2.70. The highest BCUT2D eigenvalue weighted by atomic mass is 16.5. The van der Waals surface area contributed by atoms with Gasteiger partial charge in [0.05, 0.1) is 0 Å². The molecule has 0 aromatic carbocycles. The molecule has 1 aromatic rings. The summed E-state index contributed by atoms with van der Waals surface area (Å²) in [5, 5.41) is 3.41. The van der Waals surface area contributed by atoms with Crippen LogP contribution in [0.1, 0.15) is 37.7 Å². The van der Waals surface area contributed by atoms with Crippen LogP contribution in [-0.2, 0) is 20.8 Å². The summed E-state index contributed by atoms with van der Waals surface area (Å²) in [6.45, 7) is 4.95. The van der Waals surface area contributed by atoms with Gasteiger partial charge >= 0.3 is 0 Å².